The number of halogens is 1. The minimum atomic E-state index is -0.204. The summed E-state index contributed by atoms with van der Waals surface area (Å²) in [5.74, 6) is 1.56. The standard InChI is InChI=1S/C18H16ClNO3/c1-23-14-5-2-8(19)6-13(14)20-17(21)15-9-3-4-10(12-7-11(9)12)16(15)18(20)22/h2-6,9-12,15-16H,7H2,1H3/t9-,10-,11-,12-,15-,16+/m0/s1. The van der Waals surface area contributed by atoms with E-state index in [0.717, 1.165) is 6.42 Å². The van der Waals surface area contributed by atoms with Crippen molar-refractivity contribution in [1.82, 2.24) is 0 Å². The quantitative estimate of drug-likeness (QED) is 0.619. The minimum absolute atomic E-state index is 0.0923. The lowest BCUT2D eigenvalue weighted by molar-refractivity contribution is -0.124. The monoisotopic (exact) mass is 329 g/mol. The molecular weight excluding hydrogens is 314 g/mol. The predicted octanol–water partition coefficient (Wildman–Crippen LogP) is 2.91. The fraction of sp³-hybridized carbons (Fsp3) is 0.444. The van der Waals surface area contributed by atoms with Gasteiger partial charge in [0.05, 0.1) is 24.6 Å². The Bertz CT molecular complexity index is 738. The van der Waals surface area contributed by atoms with Crippen molar-refractivity contribution in [3.05, 3.63) is 35.4 Å². The summed E-state index contributed by atoms with van der Waals surface area (Å²) in [7, 11) is 1.53. The first-order valence-corrected chi connectivity index (χ1v) is 8.39. The highest BCUT2D eigenvalue weighted by Crippen LogP contribution is 2.65. The second-order valence-corrected chi connectivity index (χ2v) is 7.42. The Balaban J connectivity index is 1.61. The molecule has 1 aromatic rings. The minimum Gasteiger partial charge on any atom is -0.495 e. The van der Waals surface area contributed by atoms with Gasteiger partial charge in [-0.2, -0.15) is 0 Å². The van der Waals surface area contributed by atoms with Crippen LogP contribution in [0.25, 0.3) is 0 Å². The van der Waals surface area contributed by atoms with Crippen LogP contribution in [0.15, 0.2) is 30.4 Å². The molecule has 0 radical (unpaired) electrons. The van der Waals surface area contributed by atoms with Gasteiger partial charge in [0.1, 0.15) is 5.75 Å². The van der Waals surface area contributed by atoms with Gasteiger partial charge in [0, 0.05) is 5.02 Å². The van der Waals surface area contributed by atoms with Crippen LogP contribution in [0.4, 0.5) is 5.69 Å². The Hall–Kier alpha value is -1.81. The molecule has 6 atom stereocenters. The highest BCUT2D eigenvalue weighted by Gasteiger charge is 2.67. The summed E-state index contributed by atoms with van der Waals surface area (Å²) in [5.41, 5.74) is 0.470. The average Bonchev–Trinajstić information content (AvgIpc) is 3.32. The first kappa shape index (κ1) is 13.6. The fourth-order valence-electron chi connectivity index (χ4n) is 5.03. The lowest BCUT2D eigenvalue weighted by Gasteiger charge is -2.37. The third-order valence-corrected chi connectivity index (χ3v) is 6.28. The molecule has 6 rings (SSSR count). The second kappa shape index (κ2) is 4.38. The fourth-order valence-corrected chi connectivity index (χ4v) is 5.20. The zero-order valence-corrected chi connectivity index (χ0v) is 13.4. The van der Waals surface area contributed by atoms with Crippen LogP contribution in [0, 0.1) is 35.5 Å². The van der Waals surface area contributed by atoms with E-state index in [1.165, 1.54) is 12.0 Å². The molecule has 1 aliphatic heterocycles. The number of rotatable bonds is 2. The first-order chi connectivity index (χ1) is 11.1. The summed E-state index contributed by atoms with van der Waals surface area (Å²) in [4.78, 5) is 27.4. The van der Waals surface area contributed by atoms with E-state index < -0.39 is 0 Å². The number of ether oxygens (including phenoxy) is 1. The zero-order chi connectivity index (χ0) is 15.9. The SMILES string of the molecule is COc1ccc(Cl)cc1N1C(=O)[C@@H]2[C@H]3C=C[C@@H]([C@@H]4C[C@@H]34)[C@@H]2C1=O. The smallest absolute Gasteiger partial charge is 0.238 e. The number of allylic oxidation sites excluding steroid dienone is 2. The number of anilines is 1. The maximum Gasteiger partial charge on any atom is 0.238 e. The molecule has 118 valence electrons. The maximum atomic E-state index is 13.1. The van der Waals surface area contributed by atoms with Crippen molar-refractivity contribution in [3.8, 4) is 5.75 Å². The van der Waals surface area contributed by atoms with E-state index in [1.54, 1.807) is 18.2 Å². The molecule has 5 heteroatoms. The van der Waals surface area contributed by atoms with Crippen LogP contribution in [0.2, 0.25) is 5.02 Å². The summed E-state index contributed by atoms with van der Waals surface area (Å²) < 4.78 is 5.34. The van der Waals surface area contributed by atoms with E-state index in [1.807, 2.05) is 0 Å². The molecule has 4 nitrogen and oxygen atoms in total. The van der Waals surface area contributed by atoms with Gasteiger partial charge in [0.15, 0.2) is 0 Å². The van der Waals surface area contributed by atoms with Gasteiger partial charge in [-0.1, -0.05) is 23.8 Å². The molecule has 0 spiro atoms. The molecule has 5 aliphatic rings. The van der Waals surface area contributed by atoms with Crippen LogP contribution in [0.3, 0.4) is 0 Å². The summed E-state index contributed by atoms with van der Waals surface area (Å²) in [5, 5.41) is 0.486. The lowest BCUT2D eigenvalue weighted by atomic mass is 9.63. The van der Waals surface area contributed by atoms with Gasteiger partial charge in [-0.25, -0.2) is 4.90 Å². The highest BCUT2D eigenvalue weighted by atomic mass is 35.5. The third-order valence-electron chi connectivity index (χ3n) is 6.04. The number of carbonyl (C=O) groups is 2. The van der Waals surface area contributed by atoms with Crippen molar-refractivity contribution in [2.45, 2.75) is 6.42 Å². The Labute approximate surface area is 139 Å². The first-order valence-electron chi connectivity index (χ1n) is 8.01. The number of carbonyl (C=O) groups excluding carboxylic acids is 2. The molecule has 2 amide bonds. The molecule has 3 fully saturated rings. The van der Waals surface area contributed by atoms with E-state index in [9.17, 15) is 9.59 Å². The summed E-state index contributed by atoms with van der Waals surface area (Å²) in [6.45, 7) is 0. The maximum absolute atomic E-state index is 13.1. The van der Waals surface area contributed by atoms with Crippen molar-refractivity contribution in [1.29, 1.82) is 0 Å². The van der Waals surface area contributed by atoms with E-state index in [4.69, 9.17) is 16.3 Å². The number of methoxy groups -OCH3 is 1. The zero-order valence-electron chi connectivity index (χ0n) is 12.6. The molecule has 4 aliphatic carbocycles. The second-order valence-electron chi connectivity index (χ2n) is 6.98. The lowest BCUT2D eigenvalue weighted by Crippen LogP contribution is -2.40. The van der Waals surface area contributed by atoms with Gasteiger partial charge in [-0.15, -0.1) is 0 Å². The van der Waals surface area contributed by atoms with Gasteiger partial charge in [0.2, 0.25) is 11.8 Å². The molecule has 2 saturated carbocycles. The van der Waals surface area contributed by atoms with Crippen molar-refractivity contribution in [2.75, 3.05) is 12.0 Å². The van der Waals surface area contributed by atoms with E-state index in [2.05, 4.69) is 12.2 Å². The van der Waals surface area contributed by atoms with Gasteiger partial charge in [-0.3, -0.25) is 9.59 Å². The molecule has 1 aromatic carbocycles. The molecule has 1 saturated heterocycles. The number of nitrogens with zero attached hydrogens (tertiary/aromatic N) is 1. The summed E-state index contributed by atoms with van der Waals surface area (Å²) in [6.07, 6.45) is 5.50. The Morgan fingerprint density at radius 1 is 1.09 bits per heavy atom. The summed E-state index contributed by atoms with van der Waals surface area (Å²) in [6, 6.07) is 5.04. The number of benzene rings is 1. The topological polar surface area (TPSA) is 46.6 Å². The van der Waals surface area contributed by atoms with Crippen LogP contribution in [0.5, 0.6) is 5.75 Å². The molecule has 1 heterocycles. The van der Waals surface area contributed by atoms with Crippen LogP contribution in [-0.2, 0) is 9.59 Å². The molecule has 2 bridgehead atoms. The highest BCUT2D eigenvalue weighted by molar-refractivity contribution is 6.31. The number of hydrogen-bond donors (Lipinski definition) is 0. The molecular formula is C18H16ClNO3. The molecule has 23 heavy (non-hydrogen) atoms. The van der Waals surface area contributed by atoms with Crippen LogP contribution >= 0.6 is 11.6 Å². The largest absolute Gasteiger partial charge is 0.495 e. The number of amides is 2. The predicted molar refractivity (Wildman–Crippen MR) is 85.2 cm³/mol. The third kappa shape index (κ3) is 1.62. The van der Waals surface area contributed by atoms with Crippen molar-refractivity contribution in [2.24, 2.45) is 35.5 Å². The van der Waals surface area contributed by atoms with E-state index in [0.29, 0.717) is 28.3 Å². The van der Waals surface area contributed by atoms with Crippen LogP contribution in [-0.4, -0.2) is 18.9 Å². The van der Waals surface area contributed by atoms with Gasteiger partial charge >= 0.3 is 0 Å². The van der Waals surface area contributed by atoms with Crippen molar-refractivity contribution in [3.63, 3.8) is 0 Å². The van der Waals surface area contributed by atoms with Gasteiger partial charge in [-0.05, 0) is 48.3 Å². The van der Waals surface area contributed by atoms with Crippen LogP contribution in [0.1, 0.15) is 6.42 Å². The number of imide groups is 1. The Morgan fingerprint density at radius 3 is 2.26 bits per heavy atom. The van der Waals surface area contributed by atoms with Gasteiger partial charge < -0.3 is 4.74 Å². The molecule has 0 aromatic heterocycles. The van der Waals surface area contributed by atoms with Crippen molar-refractivity contribution >= 4 is 29.1 Å². The van der Waals surface area contributed by atoms with Crippen LogP contribution < -0.4 is 9.64 Å². The van der Waals surface area contributed by atoms with Crippen molar-refractivity contribution < 1.29 is 14.3 Å². The normalized spacial score (nSPS) is 39.5. The van der Waals surface area contributed by atoms with E-state index >= 15 is 0 Å². The summed E-state index contributed by atoms with van der Waals surface area (Å²) >= 11 is 6.08. The van der Waals surface area contributed by atoms with Gasteiger partial charge in [0.25, 0.3) is 0 Å². The number of hydrogen-bond acceptors (Lipinski definition) is 3. The molecule has 0 N–H and O–H groups in total. The Morgan fingerprint density at radius 2 is 1.70 bits per heavy atom. The molecule has 0 unspecified atom stereocenters. The average molecular weight is 330 g/mol. The van der Waals surface area contributed by atoms with E-state index in [-0.39, 0.29) is 35.5 Å². The Kier molecular flexibility index (Phi) is 2.59.